The Morgan fingerprint density at radius 2 is 2.00 bits per heavy atom. The highest BCUT2D eigenvalue weighted by Gasteiger charge is 2.10. The summed E-state index contributed by atoms with van der Waals surface area (Å²) in [6.45, 7) is 3.47. The molecule has 0 bridgehead atoms. The fourth-order valence-electron chi connectivity index (χ4n) is 1.10. The Hall–Kier alpha value is -1.34. The summed E-state index contributed by atoms with van der Waals surface area (Å²) >= 11 is 0. The molecule has 1 unspecified atom stereocenters. The molecule has 2 amide bonds. The Morgan fingerprint density at radius 3 is 2.59 bits per heavy atom. The van der Waals surface area contributed by atoms with E-state index in [9.17, 15) is 9.59 Å². The van der Waals surface area contributed by atoms with Crippen molar-refractivity contribution in [3.63, 3.8) is 0 Å². The Kier molecular flexibility index (Phi) is 9.08. The lowest BCUT2D eigenvalue weighted by Crippen LogP contribution is -2.43. The highest BCUT2D eigenvalue weighted by atomic mass is 16.5. The number of carbonyl (C=O) groups is 2. The summed E-state index contributed by atoms with van der Waals surface area (Å²) in [6.07, 6.45) is -0.0387. The lowest BCUT2D eigenvalue weighted by atomic mass is 10.3. The Balaban J connectivity index is 3.50. The number of ether oxygens (including phenoxy) is 2. The minimum atomic E-state index is -0.816. The van der Waals surface area contributed by atoms with Crippen LogP contribution in [0.15, 0.2) is 0 Å². The van der Waals surface area contributed by atoms with Gasteiger partial charge in [-0.15, -0.1) is 0 Å². The summed E-state index contributed by atoms with van der Waals surface area (Å²) in [5.74, 6) is -0.0971. The number of primary amides is 1. The van der Waals surface area contributed by atoms with Crippen molar-refractivity contribution in [2.45, 2.75) is 19.4 Å². The molecule has 0 saturated heterocycles. The van der Waals surface area contributed by atoms with Crippen LogP contribution in [0, 0.1) is 0 Å². The maximum absolute atomic E-state index is 11.5. The van der Waals surface area contributed by atoms with Crippen LogP contribution in [-0.4, -0.2) is 51.5 Å². The van der Waals surface area contributed by atoms with E-state index < -0.39 is 6.09 Å². The second-order valence-electron chi connectivity index (χ2n) is 3.48. The molecule has 0 aromatic carbocycles. The second-order valence-corrected chi connectivity index (χ2v) is 3.48. The first-order chi connectivity index (χ1) is 8.07. The Morgan fingerprint density at radius 1 is 1.29 bits per heavy atom. The van der Waals surface area contributed by atoms with Gasteiger partial charge in [-0.05, 0) is 13.3 Å². The number of carbonyl (C=O) groups excluding carboxylic acids is 2. The SMILES string of the molecule is COCCCNC(=O)C(C)NCCOC(N)=O. The monoisotopic (exact) mass is 247 g/mol. The number of methoxy groups -OCH3 is 1. The van der Waals surface area contributed by atoms with Crippen LogP contribution < -0.4 is 16.4 Å². The van der Waals surface area contributed by atoms with Crippen LogP contribution in [0.4, 0.5) is 4.79 Å². The van der Waals surface area contributed by atoms with Crippen LogP contribution in [0.5, 0.6) is 0 Å². The normalized spacial score (nSPS) is 11.9. The number of nitrogens with two attached hydrogens (primary N) is 1. The summed E-state index contributed by atoms with van der Waals surface area (Å²) in [7, 11) is 1.62. The number of hydrogen-bond donors (Lipinski definition) is 3. The van der Waals surface area contributed by atoms with Gasteiger partial charge in [-0.1, -0.05) is 0 Å². The second kappa shape index (κ2) is 9.86. The number of hydrogen-bond acceptors (Lipinski definition) is 5. The Labute approximate surface area is 101 Å². The van der Waals surface area contributed by atoms with Gasteiger partial charge in [0, 0.05) is 26.8 Å². The van der Waals surface area contributed by atoms with Crippen LogP contribution in [0.3, 0.4) is 0 Å². The van der Waals surface area contributed by atoms with E-state index >= 15 is 0 Å². The van der Waals surface area contributed by atoms with E-state index in [1.54, 1.807) is 14.0 Å². The van der Waals surface area contributed by atoms with Gasteiger partial charge in [0.25, 0.3) is 0 Å². The van der Waals surface area contributed by atoms with Crippen LogP contribution >= 0.6 is 0 Å². The van der Waals surface area contributed by atoms with Crippen LogP contribution in [0.2, 0.25) is 0 Å². The molecule has 7 nitrogen and oxygen atoms in total. The van der Waals surface area contributed by atoms with Crippen molar-refractivity contribution in [2.75, 3.05) is 33.4 Å². The molecule has 0 spiro atoms. The average molecular weight is 247 g/mol. The van der Waals surface area contributed by atoms with E-state index in [0.29, 0.717) is 19.7 Å². The smallest absolute Gasteiger partial charge is 0.404 e. The molecule has 0 aliphatic heterocycles. The van der Waals surface area contributed by atoms with Crippen LogP contribution in [-0.2, 0) is 14.3 Å². The maximum atomic E-state index is 11.5. The van der Waals surface area contributed by atoms with Gasteiger partial charge in [0.1, 0.15) is 6.61 Å². The van der Waals surface area contributed by atoms with Crippen molar-refractivity contribution in [3.8, 4) is 0 Å². The molecule has 0 radical (unpaired) electrons. The zero-order chi connectivity index (χ0) is 13.1. The molecule has 0 aliphatic carbocycles. The summed E-state index contributed by atoms with van der Waals surface area (Å²) < 4.78 is 9.37. The minimum absolute atomic E-state index is 0.0971. The molecule has 0 aliphatic rings. The van der Waals surface area contributed by atoms with Crippen molar-refractivity contribution in [1.82, 2.24) is 10.6 Å². The zero-order valence-corrected chi connectivity index (χ0v) is 10.3. The third-order valence-electron chi connectivity index (χ3n) is 2.01. The summed E-state index contributed by atoms with van der Waals surface area (Å²) in [4.78, 5) is 21.7. The van der Waals surface area contributed by atoms with Crippen molar-refractivity contribution in [2.24, 2.45) is 5.73 Å². The minimum Gasteiger partial charge on any atom is -0.448 e. The van der Waals surface area contributed by atoms with E-state index in [4.69, 9.17) is 10.5 Å². The topological polar surface area (TPSA) is 103 Å². The predicted octanol–water partition coefficient (Wildman–Crippen LogP) is -0.787. The standard InChI is InChI=1S/C10H21N3O4/c1-8(12-5-7-17-10(11)15)9(14)13-4-3-6-16-2/h8,12H,3-7H2,1-2H3,(H2,11,15)(H,13,14). The van der Waals surface area contributed by atoms with Gasteiger partial charge < -0.3 is 25.8 Å². The van der Waals surface area contributed by atoms with Crippen molar-refractivity contribution < 1.29 is 19.1 Å². The molecule has 0 saturated carbocycles. The molecule has 0 fully saturated rings. The number of amides is 2. The number of rotatable bonds is 9. The molecular weight excluding hydrogens is 226 g/mol. The molecule has 0 aromatic heterocycles. The van der Waals surface area contributed by atoms with Crippen LogP contribution in [0.1, 0.15) is 13.3 Å². The third kappa shape index (κ3) is 9.58. The predicted molar refractivity (Wildman–Crippen MR) is 62.5 cm³/mol. The molecule has 0 aromatic rings. The van der Waals surface area contributed by atoms with Crippen molar-refractivity contribution in [1.29, 1.82) is 0 Å². The highest BCUT2D eigenvalue weighted by Crippen LogP contribution is 1.84. The van der Waals surface area contributed by atoms with Gasteiger partial charge >= 0.3 is 6.09 Å². The first-order valence-corrected chi connectivity index (χ1v) is 5.50. The van der Waals surface area contributed by atoms with E-state index in [1.807, 2.05) is 0 Å². The quantitative estimate of drug-likeness (QED) is 0.463. The molecular formula is C10H21N3O4. The molecule has 1 atom stereocenters. The van der Waals surface area contributed by atoms with E-state index in [2.05, 4.69) is 15.4 Å². The third-order valence-corrected chi connectivity index (χ3v) is 2.01. The Bertz CT molecular complexity index is 236. The van der Waals surface area contributed by atoms with E-state index in [0.717, 1.165) is 6.42 Å². The van der Waals surface area contributed by atoms with Crippen LogP contribution in [0.25, 0.3) is 0 Å². The van der Waals surface area contributed by atoms with Gasteiger partial charge in [-0.2, -0.15) is 0 Å². The lowest BCUT2D eigenvalue weighted by Gasteiger charge is -2.13. The summed E-state index contributed by atoms with van der Waals surface area (Å²) in [6, 6.07) is -0.339. The lowest BCUT2D eigenvalue weighted by molar-refractivity contribution is -0.122. The van der Waals surface area contributed by atoms with E-state index in [-0.39, 0.29) is 18.6 Å². The van der Waals surface area contributed by atoms with Gasteiger partial charge in [-0.25, -0.2) is 4.79 Å². The van der Waals surface area contributed by atoms with Crippen molar-refractivity contribution in [3.05, 3.63) is 0 Å². The molecule has 17 heavy (non-hydrogen) atoms. The fraction of sp³-hybridized carbons (Fsp3) is 0.800. The number of nitrogens with one attached hydrogen (secondary N) is 2. The first-order valence-electron chi connectivity index (χ1n) is 5.50. The fourth-order valence-corrected chi connectivity index (χ4v) is 1.10. The molecule has 0 rings (SSSR count). The largest absolute Gasteiger partial charge is 0.448 e. The van der Waals surface area contributed by atoms with Crippen molar-refractivity contribution >= 4 is 12.0 Å². The molecule has 100 valence electrons. The van der Waals surface area contributed by atoms with E-state index in [1.165, 1.54) is 0 Å². The van der Waals surface area contributed by atoms with Gasteiger partial charge in [0.05, 0.1) is 6.04 Å². The molecule has 4 N–H and O–H groups in total. The highest BCUT2D eigenvalue weighted by molar-refractivity contribution is 5.81. The first kappa shape index (κ1) is 15.7. The maximum Gasteiger partial charge on any atom is 0.404 e. The van der Waals surface area contributed by atoms with Gasteiger partial charge in [-0.3, -0.25) is 4.79 Å². The van der Waals surface area contributed by atoms with Gasteiger partial charge in [0.2, 0.25) is 5.91 Å². The summed E-state index contributed by atoms with van der Waals surface area (Å²) in [5.41, 5.74) is 4.78. The summed E-state index contributed by atoms with van der Waals surface area (Å²) in [5, 5.41) is 5.66. The molecule has 0 heterocycles. The van der Waals surface area contributed by atoms with Gasteiger partial charge in [0.15, 0.2) is 0 Å². The molecule has 7 heteroatoms. The average Bonchev–Trinajstić information content (AvgIpc) is 2.29. The zero-order valence-electron chi connectivity index (χ0n) is 10.3.